The number of hydrogen-bond donors (Lipinski definition) is 0. The van der Waals surface area contributed by atoms with E-state index in [4.69, 9.17) is 4.74 Å². The molecule has 2 rings (SSSR count). The Kier molecular flexibility index (Phi) is 4.75. The van der Waals surface area contributed by atoms with E-state index in [0.29, 0.717) is 6.61 Å². The molecule has 0 heterocycles. The van der Waals surface area contributed by atoms with Gasteiger partial charge in [-0.3, -0.25) is 0 Å². The Labute approximate surface area is 116 Å². The lowest BCUT2D eigenvalue weighted by Gasteiger charge is -2.25. The molecule has 100 valence electrons. The van der Waals surface area contributed by atoms with Gasteiger partial charge in [0.1, 0.15) is 0 Å². The zero-order valence-corrected chi connectivity index (χ0v) is 11.8. The van der Waals surface area contributed by atoms with Gasteiger partial charge < -0.3 is 4.74 Å². The van der Waals surface area contributed by atoms with Crippen molar-refractivity contribution in [1.29, 1.82) is 0 Å². The summed E-state index contributed by atoms with van der Waals surface area (Å²) in [4.78, 5) is 0. The lowest BCUT2D eigenvalue weighted by Crippen LogP contribution is -2.25. The molecule has 0 saturated carbocycles. The molecule has 0 radical (unpaired) electrons. The Balaban J connectivity index is 1.82. The van der Waals surface area contributed by atoms with E-state index in [2.05, 4.69) is 68.4 Å². The number of ether oxygens (including phenoxy) is 1. The first-order valence-electron chi connectivity index (χ1n) is 6.87. The third kappa shape index (κ3) is 4.88. The highest BCUT2D eigenvalue weighted by atomic mass is 16.5. The average Bonchev–Trinajstić information content (AvgIpc) is 2.46. The molecule has 0 amide bonds. The molecule has 0 bridgehead atoms. The van der Waals surface area contributed by atoms with Crippen molar-refractivity contribution in [3.8, 4) is 0 Å². The van der Waals surface area contributed by atoms with Gasteiger partial charge in [-0.2, -0.15) is 0 Å². The molecule has 2 aromatic rings. The summed E-state index contributed by atoms with van der Waals surface area (Å²) in [6.07, 6.45) is 2.09. The van der Waals surface area contributed by atoms with Crippen LogP contribution >= 0.6 is 0 Å². The van der Waals surface area contributed by atoms with Crippen molar-refractivity contribution >= 4 is 0 Å². The van der Waals surface area contributed by atoms with Gasteiger partial charge in [0, 0.05) is 0 Å². The van der Waals surface area contributed by atoms with Gasteiger partial charge in [0.2, 0.25) is 0 Å². The number of rotatable bonds is 6. The summed E-state index contributed by atoms with van der Waals surface area (Å²) in [6, 6.07) is 20.9. The van der Waals surface area contributed by atoms with Gasteiger partial charge in [0.05, 0.1) is 12.2 Å². The van der Waals surface area contributed by atoms with E-state index in [1.54, 1.807) is 0 Å². The van der Waals surface area contributed by atoms with E-state index in [1.807, 2.05) is 6.07 Å². The van der Waals surface area contributed by atoms with Crippen LogP contribution in [0.5, 0.6) is 0 Å². The second kappa shape index (κ2) is 6.53. The highest BCUT2D eigenvalue weighted by molar-refractivity contribution is 5.15. The SMILES string of the molecule is CC(C)(CCc1ccccc1)OCc1ccccc1. The zero-order valence-electron chi connectivity index (χ0n) is 11.8. The fraction of sp³-hybridized carbons (Fsp3) is 0.333. The van der Waals surface area contributed by atoms with Gasteiger partial charge in [-0.05, 0) is 37.8 Å². The largest absolute Gasteiger partial charge is 0.371 e. The van der Waals surface area contributed by atoms with Crippen LogP contribution < -0.4 is 0 Å². The second-order valence-electron chi connectivity index (χ2n) is 5.52. The van der Waals surface area contributed by atoms with Crippen molar-refractivity contribution < 1.29 is 4.74 Å². The minimum atomic E-state index is -0.0916. The molecule has 0 N–H and O–H groups in total. The monoisotopic (exact) mass is 254 g/mol. The van der Waals surface area contributed by atoms with Gasteiger partial charge in [-0.25, -0.2) is 0 Å². The molecule has 0 unspecified atom stereocenters. The summed E-state index contributed by atoms with van der Waals surface area (Å²) in [5.41, 5.74) is 2.51. The van der Waals surface area contributed by atoms with Crippen LogP contribution in [0.3, 0.4) is 0 Å². The lowest BCUT2D eigenvalue weighted by atomic mass is 9.98. The number of aryl methyl sites for hydroxylation is 1. The molecule has 0 aliphatic rings. The predicted octanol–water partition coefficient (Wildman–Crippen LogP) is 4.61. The molecule has 0 fully saturated rings. The maximum absolute atomic E-state index is 6.04. The smallest absolute Gasteiger partial charge is 0.0724 e. The van der Waals surface area contributed by atoms with Crippen molar-refractivity contribution in [3.63, 3.8) is 0 Å². The highest BCUT2D eigenvalue weighted by Crippen LogP contribution is 2.19. The van der Waals surface area contributed by atoms with E-state index in [1.165, 1.54) is 11.1 Å². The quantitative estimate of drug-likeness (QED) is 0.731. The molecule has 0 saturated heterocycles. The molecule has 0 aromatic heterocycles. The normalized spacial score (nSPS) is 11.5. The van der Waals surface area contributed by atoms with Gasteiger partial charge in [-0.15, -0.1) is 0 Å². The molecule has 19 heavy (non-hydrogen) atoms. The van der Waals surface area contributed by atoms with Crippen LogP contribution in [-0.4, -0.2) is 5.60 Å². The first kappa shape index (κ1) is 13.8. The van der Waals surface area contributed by atoms with Gasteiger partial charge in [0.25, 0.3) is 0 Å². The molecular formula is C18H22O. The van der Waals surface area contributed by atoms with Gasteiger partial charge in [0.15, 0.2) is 0 Å². The van der Waals surface area contributed by atoms with E-state index in [0.717, 1.165) is 12.8 Å². The summed E-state index contributed by atoms with van der Waals surface area (Å²) in [6.45, 7) is 5.01. The Hall–Kier alpha value is -1.60. The lowest BCUT2D eigenvalue weighted by molar-refractivity contribution is -0.0346. The Morgan fingerprint density at radius 1 is 0.789 bits per heavy atom. The average molecular weight is 254 g/mol. The third-order valence-electron chi connectivity index (χ3n) is 3.33. The van der Waals surface area contributed by atoms with Crippen molar-refractivity contribution in [1.82, 2.24) is 0 Å². The van der Waals surface area contributed by atoms with E-state index in [-0.39, 0.29) is 5.60 Å². The topological polar surface area (TPSA) is 9.23 Å². The number of hydrogen-bond acceptors (Lipinski definition) is 1. The van der Waals surface area contributed by atoms with Crippen LogP contribution in [0.15, 0.2) is 60.7 Å². The minimum absolute atomic E-state index is 0.0916. The molecule has 1 nitrogen and oxygen atoms in total. The summed E-state index contributed by atoms with van der Waals surface area (Å²) in [5.74, 6) is 0. The fourth-order valence-corrected chi connectivity index (χ4v) is 2.02. The fourth-order valence-electron chi connectivity index (χ4n) is 2.02. The minimum Gasteiger partial charge on any atom is -0.371 e. The van der Waals surface area contributed by atoms with E-state index in [9.17, 15) is 0 Å². The van der Waals surface area contributed by atoms with Crippen LogP contribution in [0.4, 0.5) is 0 Å². The van der Waals surface area contributed by atoms with Crippen molar-refractivity contribution in [2.75, 3.05) is 0 Å². The summed E-state index contributed by atoms with van der Waals surface area (Å²) >= 11 is 0. The van der Waals surface area contributed by atoms with Crippen LogP contribution in [0.1, 0.15) is 31.4 Å². The Morgan fingerprint density at radius 2 is 1.32 bits per heavy atom. The highest BCUT2D eigenvalue weighted by Gasteiger charge is 2.18. The molecule has 2 aromatic carbocycles. The van der Waals surface area contributed by atoms with Crippen LogP contribution in [0.2, 0.25) is 0 Å². The van der Waals surface area contributed by atoms with Crippen LogP contribution in [0.25, 0.3) is 0 Å². The van der Waals surface area contributed by atoms with Crippen molar-refractivity contribution in [2.45, 2.75) is 38.9 Å². The summed E-state index contributed by atoms with van der Waals surface area (Å²) in [7, 11) is 0. The predicted molar refractivity (Wildman–Crippen MR) is 80.1 cm³/mol. The van der Waals surface area contributed by atoms with E-state index >= 15 is 0 Å². The van der Waals surface area contributed by atoms with E-state index < -0.39 is 0 Å². The zero-order chi connectivity index (χ0) is 13.6. The Morgan fingerprint density at radius 3 is 1.89 bits per heavy atom. The van der Waals surface area contributed by atoms with Crippen molar-refractivity contribution in [2.24, 2.45) is 0 Å². The van der Waals surface area contributed by atoms with Crippen LogP contribution in [-0.2, 0) is 17.8 Å². The Bertz CT molecular complexity index is 428. The number of benzene rings is 2. The van der Waals surface area contributed by atoms with Gasteiger partial charge in [-0.1, -0.05) is 60.7 Å². The molecule has 0 aliphatic heterocycles. The maximum atomic E-state index is 6.04. The molecule has 0 aliphatic carbocycles. The van der Waals surface area contributed by atoms with Crippen LogP contribution in [0, 0.1) is 0 Å². The molecular weight excluding hydrogens is 232 g/mol. The molecule has 1 heteroatoms. The molecule has 0 spiro atoms. The second-order valence-corrected chi connectivity index (χ2v) is 5.52. The van der Waals surface area contributed by atoms with Crippen molar-refractivity contribution in [3.05, 3.63) is 71.8 Å². The summed E-state index contributed by atoms with van der Waals surface area (Å²) < 4.78 is 6.04. The first-order valence-corrected chi connectivity index (χ1v) is 6.87. The first-order chi connectivity index (χ1) is 9.16. The summed E-state index contributed by atoms with van der Waals surface area (Å²) in [5, 5.41) is 0. The third-order valence-corrected chi connectivity index (χ3v) is 3.33. The van der Waals surface area contributed by atoms with Gasteiger partial charge >= 0.3 is 0 Å². The standard InChI is InChI=1S/C18H22O/c1-18(2,14-13-16-9-5-3-6-10-16)19-15-17-11-7-4-8-12-17/h3-12H,13-15H2,1-2H3. The maximum Gasteiger partial charge on any atom is 0.0724 e. The molecule has 0 atom stereocenters.